The fourth-order valence-electron chi connectivity index (χ4n) is 1.05. The molecule has 2 nitrogen and oxygen atoms in total. The summed E-state index contributed by atoms with van der Waals surface area (Å²) in [6.45, 7) is 10.3. The Morgan fingerprint density at radius 3 is 2.57 bits per heavy atom. The van der Waals surface area contributed by atoms with Crippen LogP contribution in [0.4, 0.5) is 0 Å². The van der Waals surface area contributed by atoms with E-state index in [1.54, 1.807) is 0 Å². The maximum Gasteiger partial charge on any atom is 0.0591 e. The van der Waals surface area contributed by atoms with Crippen LogP contribution < -0.4 is 5.32 Å². The van der Waals surface area contributed by atoms with Gasteiger partial charge in [0, 0.05) is 18.0 Å². The molecule has 0 aromatic carbocycles. The van der Waals surface area contributed by atoms with Crippen molar-refractivity contribution in [2.24, 2.45) is 5.92 Å². The average Bonchev–Trinajstić information content (AvgIpc) is 2.15. The van der Waals surface area contributed by atoms with Gasteiger partial charge in [0.2, 0.25) is 0 Å². The molecule has 0 aromatic rings. The molecule has 14 heavy (non-hydrogen) atoms. The van der Waals surface area contributed by atoms with Gasteiger partial charge in [0.1, 0.15) is 0 Å². The fourth-order valence-corrected chi connectivity index (χ4v) is 1.28. The molecule has 0 bridgehead atoms. The van der Waals surface area contributed by atoms with Crippen LogP contribution in [0.5, 0.6) is 0 Å². The molecule has 0 radical (unpaired) electrons. The smallest absolute Gasteiger partial charge is 0.0591 e. The van der Waals surface area contributed by atoms with Crippen molar-refractivity contribution in [2.75, 3.05) is 26.3 Å². The van der Waals surface area contributed by atoms with Gasteiger partial charge in [-0.15, -0.1) is 0 Å². The number of halogens is 1. The molecule has 0 aromatic heterocycles. The van der Waals surface area contributed by atoms with Gasteiger partial charge in [-0.25, -0.2) is 0 Å². The lowest BCUT2D eigenvalue weighted by molar-refractivity contribution is 0.112. The molecule has 1 N–H and O–H groups in total. The molecule has 0 fully saturated rings. The monoisotopic (exact) mass is 265 g/mol. The van der Waals surface area contributed by atoms with Gasteiger partial charge in [-0.05, 0) is 25.3 Å². The second-order valence-corrected chi connectivity index (χ2v) is 5.31. The number of alkyl halides is 1. The highest BCUT2D eigenvalue weighted by molar-refractivity contribution is 9.09. The molecule has 0 rings (SSSR count). The fraction of sp³-hybridized carbons (Fsp3) is 1.00. The number of nitrogens with one attached hydrogen (secondary N) is 1. The first-order valence-corrected chi connectivity index (χ1v) is 6.50. The molecule has 0 saturated heterocycles. The molecule has 0 saturated carbocycles. The van der Waals surface area contributed by atoms with Crippen LogP contribution in [0.15, 0.2) is 0 Å². The third kappa shape index (κ3) is 10.5. The second-order valence-electron chi connectivity index (χ2n) is 4.01. The molecule has 1 unspecified atom stereocenters. The summed E-state index contributed by atoms with van der Waals surface area (Å²) in [5.41, 5.74) is 0. The molecule has 0 aliphatic carbocycles. The summed E-state index contributed by atoms with van der Waals surface area (Å²) in [7, 11) is 0. The molecule has 86 valence electrons. The Morgan fingerprint density at radius 1 is 1.29 bits per heavy atom. The number of ether oxygens (including phenoxy) is 1. The van der Waals surface area contributed by atoms with Gasteiger partial charge in [0.15, 0.2) is 0 Å². The lowest BCUT2D eigenvalue weighted by atomic mass is 10.2. The minimum absolute atomic E-state index is 0.641. The number of rotatable bonds is 9. The van der Waals surface area contributed by atoms with E-state index in [0.29, 0.717) is 10.7 Å². The molecule has 0 heterocycles. The van der Waals surface area contributed by atoms with Crippen LogP contribution in [0.25, 0.3) is 0 Å². The summed E-state index contributed by atoms with van der Waals surface area (Å²) < 4.78 is 5.45. The first-order valence-electron chi connectivity index (χ1n) is 5.59. The molecule has 3 heteroatoms. The standard InChI is InChI=1S/C11H24BrNO/c1-4-11(12)5-6-13-7-8-14-9-10(2)3/h10-11,13H,4-9H2,1-3H3. The Kier molecular flexibility index (Phi) is 10.2. The van der Waals surface area contributed by atoms with Gasteiger partial charge in [0.05, 0.1) is 6.61 Å². The van der Waals surface area contributed by atoms with E-state index in [0.717, 1.165) is 26.3 Å². The predicted molar refractivity (Wildman–Crippen MR) is 66.1 cm³/mol. The number of hydrogen-bond donors (Lipinski definition) is 1. The summed E-state index contributed by atoms with van der Waals surface area (Å²) in [6, 6.07) is 0. The molecule has 0 amide bonds. The van der Waals surface area contributed by atoms with Crippen LogP contribution in [0, 0.1) is 5.92 Å². The summed E-state index contributed by atoms with van der Waals surface area (Å²) in [4.78, 5) is 0.659. The maximum atomic E-state index is 5.45. The number of hydrogen-bond acceptors (Lipinski definition) is 2. The third-order valence-corrected chi connectivity index (χ3v) is 3.06. The van der Waals surface area contributed by atoms with Crippen LogP contribution >= 0.6 is 15.9 Å². The Balaban J connectivity index is 2.99. The van der Waals surface area contributed by atoms with Gasteiger partial charge in [-0.2, -0.15) is 0 Å². The van der Waals surface area contributed by atoms with Crippen molar-refractivity contribution in [1.82, 2.24) is 5.32 Å². The predicted octanol–water partition coefficient (Wildman–Crippen LogP) is 2.81. The highest BCUT2D eigenvalue weighted by atomic mass is 79.9. The Morgan fingerprint density at radius 2 is 2.00 bits per heavy atom. The zero-order valence-electron chi connectivity index (χ0n) is 9.68. The van der Waals surface area contributed by atoms with E-state index in [1.807, 2.05) is 0 Å². The Bertz CT molecular complexity index is 120. The van der Waals surface area contributed by atoms with Crippen molar-refractivity contribution in [3.63, 3.8) is 0 Å². The van der Waals surface area contributed by atoms with Crippen molar-refractivity contribution < 1.29 is 4.74 Å². The molecule has 0 aliphatic heterocycles. The molecular weight excluding hydrogens is 242 g/mol. The second kappa shape index (κ2) is 9.94. The minimum Gasteiger partial charge on any atom is -0.380 e. The lowest BCUT2D eigenvalue weighted by Gasteiger charge is -2.09. The summed E-state index contributed by atoms with van der Waals surface area (Å²) in [5, 5.41) is 3.37. The van der Waals surface area contributed by atoms with Crippen molar-refractivity contribution in [3.8, 4) is 0 Å². The first-order chi connectivity index (χ1) is 6.66. The molecule has 1 atom stereocenters. The molecule has 0 aliphatic rings. The SMILES string of the molecule is CCC(Br)CCNCCOCC(C)C. The van der Waals surface area contributed by atoms with Gasteiger partial charge in [-0.1, -0.05) is 36.7 Å². The van der Waals surface area contributed by atoms with Crippen LogP contribution in [0.3, 0.4) is 0 Å². The van der Waals surface area contributed by atoms with Crippen molar-refractivity contribution in [3.05, 3.63) is 0 Å². The van der Waals surface area contributed by atoms with Gasteiger partial charge in [0.25, 0.3) is 0 Å². The highest BCUT2D eigenvalue weighted by Crippen LogP contribution is 2.07. The highest BCUT2D eigenvalue weighted by Gasteiger charge is 1.99. The van der Waals surface area contributed by atoms with Gasteiger partial charge >= 0.3 is 0 Å². The zero-order chi connectivity index (χ0) is 10.8. The van der Waals surface area contributed by atoms with Crippen LogP contribution in [0.1, 0.15) is 33.6 Å². The molecule has 0 spiro atoms. The third-order valence-electron chi connectivity index (χ3n) is 1.95. The van der Waals surface area contributed by atoms with Crippen molar-refractivity contribution in [2.45, 2.75) is 38.4 Å². The first kappa shape index (κ1) is 14.4. The van der Waals surface area contributed by atoms with E-state index in [-0.39, 0.29) is 0 Å². The van der Waals surface area contributed by atoms with Gasteiger partial charge < -0.3 is 10.1 Å². The van der Waals surface area contributed by atoms with Crippen LogP contribution in [0.2, 0.25) is 0 Å². The minimum atomic E-state index is 0.641. The van der Waals surface area contributed by atoms with E-state index in [9.17, 15) is 0 Å². The van der Waals surface area contributed by atoms with Crippen LogP contribution in [-0.4, -0.2) is 31.1 Å². The topological polar surface area (TPSA) is 21.3 Å². The zero-order valence-corrected chi connectivity index (χ0v) is 11.3. The summed E-state index contributed by atoms with van der Waals surface area (Å²) in [6.07, 6.45) is 2.40. The maximum absolute atomic E-state index is 5.45. The Labute approximate surface area is 96.9 Å². The van der Waals surface area contributed by atoms with Gasteiger partial charge in [-0.3, -0.25) is 0 Å². The normalized spacial score (nSPS) is 13.5. The lowest BCUT2D eigenvalue weighted by Crippen LogP contribution is -2.23. The van der Waals surface area contributed by atoms with Crippen molar-refractivity contribution in [1.29, 1.82) is 0 Å². The molecular formula is C11H24BrNO. The Hall–Kier alpha value is 0.400. The summed E-state index contributed by atoms with van der Waals surface area (Å²) in [5.74, 6) is 0.641. The largest absolute Gasteiger partial charge is 0.380 e. The van der Waals surface area contributed by atoms with E-state index >= 15 is 0 Å². The van der Waals surface area contributed by atoms with E-state index < -0.39 is 0 Å². The van der Waals surface area contributed by atoms with E-state index in [2.05, 4.69) is 42.0 Å². The summed E-state index contributed by atoms with van der Waals surface area (Å²) >= 11 is 3.61. The average molecular weight is 266 g/mol. The van der Waals surface area contributed by atoms with Crippen LogP contribution in [-0.2, 0) is 4.74 Å². The van der Waals surface area contributed by atoms with E-state index in [4.69, 9.17) is 4.74 Å². The van der Waals surface area contributed by atoms with Crippen molar-refractivity contribution >= 4 is 15.9 Å². The quantitative estimate of drug-likeness (QED) is 0.512. The van der Waals surface area contributed by atoms with E-state index in [1.165, 1.54) is 12.8 Å².